The first-order valence-corrected chi connectivity index (χ1v) is 8.62. The molecular weight excluding hydrogens is 338 g/mol. The molecule has 0 aliphatic heterocycles. The van der Waals surface area contributed by atoms with E-state index in [9.17, 15) is 0 Å². The lowest BCUT2D eigenvalue weighted by Gasteiger charge is -2.05. The number of rotatable bonds is 7. The largest absolute Gasteiger partial charge is 0.497 e. The summed E-state index contributed by atoms with van der Waals surface area (Å²) < 4.78 is 17.4. The van der Waals surface area contributed by atoms with Gasteiger partial charge in [0.25, 0.3) is 0 Å². The van der Waals surface area contributed by atoms with Gasteiger partial charge in [0.15, 0.2) is 0 Å². The van der Waals surface area contributed by atoms with Gasteiger partial charge < -0.3 is 13.9 Å². The Balaban J connectivity index is 2.00. The number of hydrogen-bond donors (Lipinski definition) is 0. The molecule has 25 heavy (non-hydrogen) atoms. The van der Waals surface area contributed by atoms with Crippen LogP contribution in [0.2, 0.25) is 0 Å². The number of methoxy groups -OCH3 is 2. The number of aromatic nitrogens is 1. The van der Waals surface area contributed by atoms with E-state index in [1.54, 1.807) is 26.7 Å². The molecule has 0 N–H and O–H groups in total. The average molecular weight is 357 g/mol. The summed E-state index contributed by atoms with van der Waals surface area (Å²) in [7, 11) is 3.32. The molecule has 6 nitrogen and oxygen atoms in total. The van der Waals surface area contributed by atoms with Gasteiger partial charge in [0.05, 0.1) is 38.4 Å². The highest BCUT2D eigenvalue weighted by molar-refractivity contribution is 7.07. The molecule has 0 spiro atoms. The molecule has 3 rings (SSSR count). The Labute approximate surface area is 149 Å². The fourth-order valence-electron chi connectivity index (χ4n) is 2.19. The van der Waals surface area contributed by atoms with Crippen LogP contribution in [0.4, 0.5) is 0 Å². The Kier molecular flexibility index (Phi) is 5.81. The third-order valence-electron chi connectivity index (χ3n) is 3.46. The zero-order valence-electron chi connectivity index (χ0n) is 14.1. The van der Waals surface area contributed by atoms with Gasteiger partial charge in [-0.2, -0.15) is 5.10 Å². The predicted molar refractivity (Wildman–Crippen MR) is 98.3 cm³/mol. The molecule has 0 aliphatic rings. The summed E-state index contributed by atoms with van der Waals surface area (Å²) in [6.07, 6.45) is 3.29. The number of thiazole rings is 1. The van der Waals surface area contributed by atoms with Gasteiger partial charge in [-0.05, 0) is 36.4 Å². The first kappa shape index (κ1) is 17.2. The minimum atomic E-state index is 0.567. The number of benzene rings is 1. The molecular formula is C18H19N3O3S. The molecule has 0 atom stereocenters. The van der Waals surface area contributed by atoms with Crippen molar-refractivity contribution < 1.29 is 13.9 Å². The highest BCUT2D eigenvalue weighted by Crippen LogP contribution is 2.23. The van der Waals surface area contributed by atoms with E-state index in [0.717, 1.165) is 21.8 Å². The smallest absolute Gasteiger partial charge is 0.206 e. The van der Waals surface area contributed by atoms with Gasteiger partial charge in [-0.15, -0.1) is 11.3 Å². The molecule has 0 bridgehead atoms. The normalized spacial score (nSPS) is 12.2. The van der Waals surface area contributed by atoms with Crippen LogP contribution in [0.5, 0.6) is 5.75 Å². The van der Waals surface area contributed by atoms with Gasteiger partial charge in [0.1, 0.15) is 11.5 Å². The van der Waals surface area contributed by atoms with E-state index in [-0.39, 0.29) is 0 Å². The van der Waals surface area contributed by atoms with Crippen molar-refractivity contribution in [1.29, 1.82) is 0 Å². The van der Waals surface area contributed by atoms with Crippen molar-refractivity contribution in [3.05, 3.63) is 58.6 Å². The van der Waals surface area contributed by atoms with Gasteiger partial charge in [-0.3, -0.25) is 4.99 Å². The van der Waals surface area contributed by atoms with Crippen molar-refractivity contribution in [1.82, 2.24) is 4.68 Å². The molecule has 0 unspecified atom stereocenters. The summed E-state index contributed by atoms with van der Waals surface area (Å²) in [5, 5.41) is 6.58. The molecule has 130 valence electrons. The van der Waals surface area contributed by atoms with Crippen LogP contribution in [0.3, 0.4) is 0 Å². The maximum Gasteiger partial charge on any atom is 0.206 e. The summed E-state index contributed by atoms with van der Waals surface area (Å²) in [4.78, 5) is 5.36. The maximum absolute atomic E-state index is 5.32. The van der Waals surface area contributed by atoms with E-state index in [2.05, 4.69) is 10.1 Å². The Morgan fingerprint density at radius 3 is 2.72 bits per heavy atom. The summed E-state index contributed by atoms with van der Waals surface area (Å²) in [6.45, 7) is 1.15. The maximum atomic E-state index is 5.32. The van der Waals surface area contributed by atoms with E-state index >= 15 is 0 Å². The second-order valence-corrected chi connectivity index (χ2v) is 5.91. The van der Waals surface area contributed by atoms with Crippen LogP contribution in [0.25, 0.3) is 11.3 Å². The van der Waals surface area contributed by atoms with Gasteiger partial charge >= 0.3 is 0 Å². The topological polar surface area (TPSA) is 61.2 Å². The van der Waals surface area contributed by atoms with Crippen LogP contribution in [0, 0.1) is 0 Å². The standard InChI is InChI=1S/C18H19N3O3S/c1-22-11-9-19-18-21(20-12-16-4-3-10-24-16)17(13-25-18)14-5-7-15(23-2)8-6-14/h3-8,10,12-13H,9,11H2,1-2H3. The molecule has 0 radical (unpaired) electrons. The van der Waals surface area contributed by atoms with Gasteiger partial charge in [0, 0.05) is 18.1 Å². The molecule has 2 aromatic heterocycles. The Bertz CT molecular complexity index is 877. The third kappa shape index (κ3) is 4.26. The number of nitrogens with zero attached hydrogens (tertiary/aromatic N) is 3. The first-order valence-electron chi connectivity index (χ1n) is 7.74. The van der Waals surface area contributed by atoms with E-state index in [0.29, 0.717) is 18.9 Å². The second kappa shape index (κ2) is 8.46. The molecule has 0 aliphatic carbocycles. The van der Waals surface area contributed by atoms with Crippen molar-refractivity contribution in [3.8, 4) is 17.0 Å². The monoisotopic (exact) mass is 357 g/mol. The Morgan fingerprint density at radius 1 is 1.20 bits per heavy atom. The SMILES string of the molecule is COCCN=c1scc(-c2ccc(OC)cc2)n1N=Cc1ccco1. The number of hydrogen-bond acceptors (Lipinski definition) is 6. The highest BCUT2D eigenvalue weighted by atomic mass is 32.1. The van der Waals surface area contributed by atoms with Crippen molar-refractivity contribution in [2.45, 2.75) is 0 Å². The number of ether oxygens (including phenoxy) is 2. The van der Waals surface area contributed by atoms with Gasteiger partial charge in [-0.1, -0.05) is 0 Å². The summed E-state index contributed by atoms with van der Waals surface area (Å²) in [5.74, 6) is 1.50. The lowest BCUT2D eigenvalue weighted by molar-refractivity contribution is 0.207. The fourth-order valence-corrected chi connectivity index (χ4v) is 3.06. The molecule has 0 saturated heterocycles. The molecule has 3 aromatic rings. The zero-order valence-corrected chi connectivity index (χ0v) is 14.9. The van der Waals surface area contributed by atoms with Crippen molar-refractivity contribution in [2.24, 2.45) is 10.1 Å². The van der Waals surface area contributed by atoms with E-state index < -0.39 is 0 Å². The van der Waals surface area contributed by atoms with Crippen molar-refractivity contribution >= 4 is 17.6 Å². The predicted octanol–water partition coefficient (Wildman–Crippen LogP) is 3.25. The van der Waals surface area contributed by atoms with Crippen molar-refractivity contribution in [2.75, 3.05) is 27.4 Å². The minimum Gasteiger partial charge on any atom is -0.497 e. The molecule has 0 amide bonds. The quantitative estimate of drug-likeness (QED) is 0.482. The summed E-state index contributed by atoms with van der Waals surface area (Å²) >= 11 is 1.53. The van der Waals surface area contributed by atoms with Gasteiger partial charge in [-0.25, -0.2) is 4.68 Å². The lowest BCUT2D eigenvalue weighted by Crippen LogP contribution is -2.13. The minimum absolute atomic E-state index is 0.567. The van der Waals surface area contributed by atoms with Crippen LogP contribution in [-0.4, -0.2) is 38.3 Å². The Morgan fingerprint density at radius 2 is 2.04 bits per heavy atom. The van der Waals surface area contributed by atoms with Gasteiger partial charge in [0.2, 0.25) is 4.80 Å². The van der Waals surface area contributed by atoms with Crippen LogP contribution >= 0.6 is 11.3 Å². The Hall–Kier alpha value is -2.64. The van der Waals surface area contributed by atoms with E-state index in [4.69, 9.17) is 13.9 Å². The lowest BCUT2D eigenvalue weighted by atomic mass is 10.2. The molecule has 1 aromatic carbocycles. The van der Waals surface area contributed by atoms with Crippen LogP contribution in [0.1, 0.15) is 5.76 Å². The molecule has 2 heterocycles. The summed E-state index contributed by atoms with van der Waals surface area (Å²) in [6, 6.07) is 11.5. The van der Waals surface area contributed by atoms with Crippen molar-refractivity contribution in [3.63, 3.8) is 0 Å². The fraction of sp³-hybridized carbons (Fsp3) is 0.222. The number of furan rings is 1. The second-order valence-electron chi connectivity index (χ2n) is 5.08. The first-order chi connectivity index (χ1) is 12.3. The highest BCUT2D eigenvalue weighted by Gasteiger charge is 2.08. The molecule has 7 heteroatoms. The summed E-state index contributed by atoms with van der Waals surface area (Å²) in [5.41, 5.74) is 1.98. The van der Waals surface area contributed by atoms with Crippen LogP contribution in [-0.2, 0) is 4.74 Å². The van der Waals surface area contributed by atoms with Crippen LogP contribution < -0.4 is 9.54 Å². The van der Waals surface area contributed by atoms with E-state index in [1.807, 2.05) is 46.5 Å². The molecule has 0 fully saturated rings. The third-order valence-corrected chi connectivity index (χ3v) is 4.31. The van der Waals surface area contributed by atoms with Crippen LogP contribution in [0.15, 0.2) is 62.6 Å². The molecule has 0 saturated carbocycles. The average Bonchev–Trinajstić information content (AvgIpc) is 3.30. The van der Waals surface area contributed by atoms with E-state index in [1.165, 1.54) is 11.3 Å². The zero-order chi connectivity index (χ0) is 17.5.